The van der Waals surface area contributed by atoms with E-state index < -0.39 is 23.4 Å². The molecule has 0 unspecified atom stereocenters. The van der Waals surface area contributed by atoms with E-state index in [1.807, 2.05) is 42.5 Å². The Hall–Kier alpha value is -3.48. The summed E-state index contributed by atoms with van der Waals surface area (Å²) in [5.41, 5.74) is 5.41. The molecule has 1 saturated heterocycles. The standard InChI is InChI=1S/C25H27N3O4/c1-25(15-14-17-6-3-2-4-7-17)23(31)28(24(32)26-25)27-22(30)13-12-21(29)20-11-10-18-8-5-9-19(18)16-20/h2-4,6-7,10-11,16H,5,8-9,12-15H2,1H3,(H,26,32)(H,27,30)/t25-/m0/s1. The third kappa shape index (κ3) is 4.56. The molecule has 32 heavy (non-hydrogen) atoms. The average molecular weight is 434 g/mol. The lowest BCUT2D eigenvalue weighted by atomic mass is 9.93. The minimum atomic E-state index is -1.10. The summed E-state index contributed by atoms with van der Waals surface area (Å²) in [5, 5.41) is 3.41. The van der Waals surface area contributed by atoms with Gasteiger partial charge >= 0.3 is 6.03 Å². The number of Topliss-reactive ketones (excluding diaryl/α,β-unsaturated/α-hetero) is 1. The van der Waals surface area contributed by atoms with Gasteiger partial charge in [0.1, 0.15) is 5.54 Å². The predicted molar refractivity (Wildman–Crippen MR) is 119 cm³/mol. The second kappa shape index (κ2) is 8.94. The maximum absolute atomic E-state index is 12.8. The average Bonchev–Trinajstić information content (AvgIpc) is 3.35. The van der Waals surface area contributed by atoms with Crippen molar-refractivity contribution < 1.29 is 19.2 Å². The minimum Gasteiger partial charge on any atom is -0.322 e. The van der Waals surface area contributed by atoms with Crippen LogP contribution in [0.2, 0.25) is 0 Å². The van der Waals surface area contributed by atoms with Crippen molar-refractivity contribution in [1.82, 2.24) is 15.8 Å². The number of nitrogens with zero attached hydrogens (tertiary/aromatic N) is 1. The zero-order chi connectivity index (χ0) is 22.7. The number of hydrogen-bond donors (Lipinski definition) is 2. The molecule has 0 spiro atoms. The molecule has 0 bridgehead atoms. The van der Waals surface area contributed by atoms with Gasteiger partial charge in [-0.3, -0.25) is 19.8 Å². The van der Waals surface area contributed by atoms with Crippen molar-refractivity contribution in [1.29, 1.82) is 0 Å². The second-order valence-electron chi connectivity index (χ2n) is 8.68. The van der Waals surface area contributed by atoms with Gasteiger partial charge in [-0.25, -0.2) is 4.79 Å². The number of carbonyl (C=O) groups is 4. The number of nitrogens with one attached hydrogen (secondary N) is 2. The molecule has 2 aromatic carbocycles. The van der Waals surface area contributed by atoms with Crippen LogP contribution in [-0.4, -0.2) is 34.2 Å². The highest BCUT2D eigenvalue weighted by molar-refractivity contribution is 6.08. The van der Waals surface area contributed by atoms with E-state index in [0.717, 1.165) is 29.8 Å². The third-order valence-electron chi connectivity index (χ3n) is 6.25. The topological polar surface area (TPSA) is 95.6 Å². The summed E-state index contributed by atoms with van der Waals surface area (Å²) in [7, 11) is 0. The molecule has 0 radical (unpaired) electrons. The third-order valence-corrected chi connectivity index (χ3v) is 6.25. The van der Waals surface area contributed by atoms with Crippen molar-refractivity contribution in [3.63, 3.8) is 0 Å². The SMILES string of the molecule is C[C@@]1(CCc2ccccc2)NC(=O)N(NC(=O)CCC(=O)c2ccc3c(c2)CCC3)C1=O. The fourth-order valence-corrected chi connectivity index (χ4v) is 4.29. The van der Waals surface area contributed by atoms with Gasteiger partial charge in [-0.2, -0.15) is 5.01 Å². The molecule has 4 amide bonds. The Bertz CT molecular complexity index is 1070. The number of urea groups is 1. The zero-order valence-corrected chi connectivity index (χ0v) is 18.1. The highest BCUT2D eigenvalue weighted by atomic mass is 16.2. The number of hydrogen-bond acceptors (Lipinski definition) is 4. The van der Waals surface area contributed by atoms with E-state index in [2.05, 4.69) is 10.7 Å². The molecule has 7 heteroatoms. The summed E-state index contributed by atoms with van der Waals surface area (Å²) in [5.74, 6) is -1.17. The van der Waals surface area contributed by atoms with Crippen LogP contribution in [0, 0.1) is 0 Å². The van der Waals surface area contributed by atoms with Gasteiger partial charge in [0.05, 0.1) is 0 Å². The first-order valence-electron chi connectivity index (χ1n) is 11.0. The lowest BCUT2D eigenvalue weighted by Gasteiger charge is -2.21. The lowest BCUT2D eigenvalue weighted by Crippen LogP contribution is -2.49. The molecule has 0 saturated carbocycles. The fourth-order valence-electron chi connectivity index (χ4n) is 4.29. The minimum absolute atomic E-state index is 0.0134. The number of aryl methyl sites for hydroxylation is 3. The smallest absolute Gasteiger partial charge is 0.322 e. The maximum Gasteiger partial charge on any atom is 0.344 e. The molecule has 2 aromatic rings. The number of hydrazine groups is 1. The van der Waals surface area contributed by atoms with E-state index >= 15 is 0 Å². The number of ketones is 1. The Labute approximate surface area is 187 Å². The largest absolute Gasteiger partial charge is 0.344 e. The highest BCUT2D eigenvalue weighted by Gasteiger charge is 2.48. The molecule has 1 fully saturated rings. The maximum atomic E-state index is 12.8. The number of rotatable bonds is 8. The van der Waals surface area contributed by atoms with Crippen molar-refractivity contribution in [2.75, 3.05) is 0 Å². The number of fused-ring (bicyclic) bond motifs is 1. The van der Waals surface area contributed by atoms with Gasteiger partial charge in [0, 0.05) is 18.4 Å². The van der Waals surface area contributed by atoms with Crippen LogP contribution in [0.15, 0.2) is 48.5 Å². The Morgan fingerprint density at radius 1 is 1.03 bits per heavy atom. The second-order valence-corrected chi connectivity index (χ2v) is 8.68. The summed E-state index contributed by atoms with van der Waals surface area (Å²) < 4.78 is 0. The predicted octanol–water partition coefficient (Wildman–Crippen LogP) is 3.11. The van der Waals surface area contributed by atoms with E-state index in [1.165, 1.54) is 11.1 Å². The summed E-state index contributed by atoms with van der Waals surface area (Å²) in [6, 6.07) is 14.7. The van der Waals surface area contributed by atoms with Gasteiger partial charge in [0.25, 0.3) is 5.91 Å². The number of imide groups is 1. The monoisotopic (exact) mass is 433 g/mol. The first-order valence-corrected chi connectivity index (χ1v) is 11.0. The molecular weight excluding hydrogens is 406 g/mol. The molecule has 2 aliphatic rings. The number of benzene rings is 2. The molecular formula is C25H27N3O4. The molecule has 1 aliphatic carbocycles. The van der Waals surface area contributed by atoms with E-state index in [0.29, 0.717) is 18.4 Å². The van der Waals surface area contributed by atoms with Crippen molar-refractivity contribution in [3.8, 4) is 0 Å². The first-order chi connectivity index (χ1) is 15.4. The van der Waals surface area contributed by atoms with E-state index in [1.54, 1.807) is 13.0 Å². The summed E-state index contributed by atoms with van der Waals surface area (Å²) >= 11 is 0. The lowest BCUT2D eigenvalue weighted by molar-refractivity contribution is -0.138. The van der Waals surface area contributed by atoms with Crippen LogP contribution in [0.1, 0.15) is 59.7 Å². The Morgan fingerprint density at radius 3 is 2.56 bits per heavy atom. The zero-order valence-electron chi connectivity index (χ0n) is 18.1. The van der Waals surface area contributed by atoms with E-state index in [9.17, 15) is 19.2 Å². The Balaban J connectivity index is 1.30. The van der Waals surface area contributed by atoms with Crippen LogP contribution < -0.4 is 10.7 Å². The van der Waals surface area contributed by atoms with Gasteiger partial charge in [-0.05, 0) is 61.8 Å². The molecule has 0 aromatic heterocycles. The molecule has 2 N–H and O–H groups in total. The van der Waals surface area contributed by atoms with Crippen LogP contribution in [0.5, 0.6) is 0 Å². The Kier molecular flexibility index (Phi) is 6.08. The van der Waals surface area contributed by atoms with E-state index in [4.69, 9.17) is 0 Å². The molecule has 166 valence electrons. The van der Waals surface area contributed by atoms with Gasteiger partial charge in [-0.15, -0.1) is 0 Å². The van der Waals surface area contributed by atoms with Crippen LogP contribution in [-0.2, 0) is 28.9 Å². The van der Waals surface area contributed by atoms with Crippen molar-refractivity contribution >= 4 is 23.6 Å². The molecule has 7 nitrogen and oxygen atoms in total. The van der Waals surface area contributed by atoms with Crippen LogP contribution in [0.3, 0.4) is 0 Å². The van der Waals surface area contributed by atoms with Gasteiger partial charge in [0.2, 0.25) is 5.91 Å². The van der Waals surface area contributed by atoms with Crippen molar-refractivity contribution in [2.24, 2.45) is 0 Å². The van der Waals surface area contributed by atoms with Gasteiger partial charge < -0.3 is 5.32 Å². The van der Waals surface area contributed by atoms with Crippen LogP contribution in [0.4, 0.5) is 4.79 Å². The number of amides is 4. The first kappa shape index (κ1) is 21.7. The summed E-state index contributed by atoms with van der Waals surface area (Å²) in [4.78, 5) is 50.0. The molecule has 1 heterocycles. The number of carbonyl (C=O) groups excluding carboxylic acids is 4. The molecule has 4 rings (SSSR count). The highest BCUT2D eigenvalue weighted by Crippen LogP contribution is 2.24. The van der Waals surface area contributed by atoms with Gasteiger partial charge in [0.15, 0.2) is 5.78 Å². The Morgan fingerprint density at radius 2 is 1.78 bits per heavy atom. The molecule has 1 aliphatic heterocycles. The quantitative estimate of drug-likeness (QED) is 0.494. The summed E-state index contributed by atoms with van der Waals surface area (Å²) in [6.07, 6.45) is 4.05. The molecule has 1 atom stereocenters. The van der Waals surface area contributed by atoms with E-state index in [-0.39, 0.29) is 18.6 Å². The van der Waals surface area contributed by atoms with Gasteiger partial charge in [-0.1, -0.05) is 42.5 Å². The van der Waals surface area contributed by atoms with Crippen LogP contribution in [0.25, 0.3) is 0 Å². The summed E-state index contributed by atoms with van der Waals surface area (Å²) in [6.45, 7) is 1.65. The van der Waals surface area contributed by atoms with Crippen LogP contribution >= 0.6 is 0 Å². The van der Waals surface area contributed by atoms with Crippen molar-refractivity contribution in [2.45, 2.75) is 57.4 Å². The normalized spacial score (nSPS) is 19.6. The van der Waals surface area contributed by atoms with Crippen molar-refractivity contribution in [3.05, 3.63) is 70.8 Å². The fraction of sp³-hybridized carbons (Fsp3) is 0.360.